The molecule has 0 bridgehead atoms. The number of benzene rings is 1. The molecule has 2 aromatic rings. The van der Waals surface area contributed by atoms with E-state index in [0.717, 1.165) is 12.1 Å². The lowest BCUT2D eigenvalue weighted by molar-refractivity contribution is 0.404. The zero-order valence-electron chi connectivity index (χ0n) is 9.08. The molecule has 0 spiro atoms. The SMILES string of the molecule is COc1cc(F)c(C(N)c2ccn[nH]2)c(F)c1. The Bertz CT molecular complexity index is 490. The second-order valence-electron chi connectivity index (χ2n) is 3.49. The maximum absolute atomic E-state index is 13.7. The highest BCUT2D eigenvalue weighted by Gasteiger charge is 2.20. The quantitative estimate of drug-likeness (QED) is 0.857. The third-order valence-electron chi connectivity index (χ3n) is 2.46. The Morgan fingerprint density at radius 3 is 2.47 bits per heavy atom. The van der Waals surface area contributed by atoms with Gasteiger partial charge in [-0.25, -0.2) is 8.78 Å². The lowest BCUT2D eigenvalue weighted by Gasteiger charge is -2.13. The van der Waals surface area contributed by atoms with Crippen molar-refractivity contribution in [3.05, 3.63) is 47.3 Å². The topological polar surface area (TPSA) is 63.9 Å². The molecule has 0 aliphatic carbocycles. The van der Waals surface area contributed by atoms with Crippen molar-refractivity contribution in [3.8, 4) is 5.75 Å². The molecule has 90 valence electrons. The molecule has 2 rings (SSSR count). The molecular formula is C11H11F2N3O. The molecule has 17 heavy (non-hydrogen) atoms. The summed E-state index contributed by atoms with van der Waals surface area (Å²) in [5.41, 5.74) is 5.99. The van der Waals surface area contributed by atoms with Crippen LogP contribution >= 0.6 is 0 Å². The number of H-pyrrole nitrogens is 1. The van der Waals surface area contributed by atoms with Crippen LogP contribution in [-0.2, 0) is 0 Å². The van der Waals surface area contributed by atoms with Gasteiger partial charge in [-0.3, -0.25) is 5.10 Å². The summed E-state index contributed by atoms with van der Waals surface area (Å²) in [6.45, 7) is 0. The van der Waals surface area contributed by atoms with Crippen LogP contribution in [-0.4, -0.2) is 17.3 Å². The second-order valence-corrected chi connectivity index (χ2v) is 3.49. The fourth-order valence-corrected chi connectivity index (χ4v) is 1.57. The predicted molar refractivity (Wildman–Crippen MR) is 57.5 cm³/mol. The second kappa shape index (κ2) is 4.50. The van der Waals surface area contributed by atoms with Crippen molar-refractivity contribution in [2.24, 2.45) is 5.73 Å². The minimum Gasteiger partial charge on any atom is -0.497 e. The average molecular weight is 239 g/mol. The van der Waals surface area contributed by atoms with E-state index in [0.29, 0.717) is 5.69 Å². The Hall–Kier alpha value is -1.95. The maximum Gasteiger partial charge on any atom is 0.135 e. The van der Waals surface area contributed by atoms with Crippen LogP contribution in [0.2, 0.25) is 0 Å². The van der Waals surface area contributed by atoms with Crippen molar-refractivity contribution in [3.63, 3.8) is 0 Å². The van der Waals surface area contributed by atoms with Crippen molar-refractivity contribution in [2.45, 2.75) is 6.04 Å². The fourth-order valence-electron chi connectivity index (χ4n) is 1.57. The van der Waals surface area contributed by atoms with Gasteiger partial charge in [-0.2, -0.15) is 5.10 Å². The molecule has 0 aliphatic rings. The first kappa shape index (κ1) is 11.5. The van der Waals surface area contributed by atoms with E-state index in [1.807, 2.05) is 0 Å². The van der Waals surface area contributed by atoms with Crippen LogP contribution in [0.25, 0.3) is 0 Å². The number of nitrogens with two attached hydrogens (primary N) is 1. The molecule has 1 atom stereocenters. The normalized spacial score (nSPS) is 12.5. The van der Waals surface area contributed by atoms with Crippen molar-refractivity contribution >= 4 is 0 Å². The van der Waals surface area contributed by atoms with Gasteiger partial charge in [0.2, 0.25) is 0 Å². The number of halogens is 2. The summed E-state index contributed by atoms with van der Waals surface area (Å²) in [7, 11) is 1.34. The summed E-state index contributed by atoms with van der Waals surface area (Å²) in [5, 5.41) is 6.27. The Kier molecular flexibility index (Phi) is 3.06. The van der Waals surface area contributed by atoms with Crippen molar-refractivity contribution < 1.29 is 13.5 Å². The van der Waals surface area contributed by atoms with Crippen LogP contribution in [0.15, 0.2) is 24.4 Å². The highest BCUT2D eigenvalue weighted by atomic mass is 19.1. The molecular weight excluding hydrogens is 228 g/mol. The van der Waals surface area contributed by atoms with Crippen LogP contribution in [0, 0.1) is 11.6 Å². The van der Waals surface area contributed by atoms with Crippen LogP contribution in [0.5, 0.6) is 5.75 Å². The number of hydrogen-bond acceptors (Lipinski definition) is 3. The van der Waals surface area contributed by atoms with E-state index in [1.54, 1.807) is 6.07 Å². The Morgan fingerprint density at radius 1 is 1.35 bits per heavy atom. The third kappa shape index (κ3) is 2.12. The number of ether oxygens (including phenoxy) is 1. The van der Waals surface area contributed by atoms with E-state index in [9.17, 15) is 8.78 Å². The number of rotatable bonds is 3. The van der Waals surface area contributed by atoms with Gasteiger partial charge in [0.25, 0.3) is 0 Å². The van der Waals surface area contributed by atoms with Crippen LogP contribution in [0.3, 0.4) is 0 Å². The van der Waals surface area contributed by atoms with Gasteiger partial charge in [-0.05, 0) is 6.07 Å². The third-order valence-corrected chi connectivity index (χ3v) is 2.46. The maximum atomic E-state index is 13.7. The predicted octanol–water partition coefficient (Wildman–Crippen LogP) is 1.74. The van der Waals surface area contributed by atoms with Crippen LogP contribution in [0.4, 0.5) is 8.78 Å². The first-order valence-corrected chi connectivity index (χ1v) is 4.91. The Labute approximate surface area is 96.4 Å². The minimum atomic E-state index is -0.927. The molecule has 6 heteroatoms. The monoisotopic (exact) mass is 239 g/mol. The van der Waals surface area contributed by atoms with Crippen LogP contribution < -0.4 is 10.5 Å². The summed E-state index contributed by atoms with van der Waals surface area (Å²) in [4.78, 5) is 0. The van der Waals surface area contributed by atoms with Gasteiger partial charge in [-0.1, -0.05) is 0 Å². The van der Waals surface area contributed by atoms with Gasteiger partial charge in [-0.15, -0.1) is 0 Å². The van der Waals surface area contributed by atoms with Gasteiger partial charge in [0.15, 0.2) is 0 Å². The largest absolute Gasteiger partial charge is 0.497 e. The van der Waals surface area contributed by atoms with Crippen molar-refractivity contribution in [1.82, 2.24) is 10.2 Å². The minimum absolute atomic E-state index is 0.112. The van der Waals surface area contributed by atoms with E-state index in [1.165, 1.54) is 13.3 Å². The van der Waals surface area contributed by atoms with E-state index in [2.05, 4.69) is 10.2 Å². The first-order valence-electron chi connectivity index (χ1n) is 4.91. The molecule has 0 fully saturated rings. The smallest absolute Gasteiger partial charge is 0.135 e. The number of nitrogens with one attached hydrogen (secondary N) is 1. The number of hydrogen-bond donors (Lipinski definition) is 2. The summed E-state index contributed by atoms with van der Waals surface area (Å²) in [6.07, 6.45) is 1.47. The molecule has 1 unspecified atom stereocenters. The number of methoxy groups -OCH3 is 1. The van der Waals surface area contributed by atoms with Gasteiger partial charge >= 0.3 is 0 Å². The molecule has 3 N–H and O–H groups in total. The lowest BCUT2D eigenvalue weighted by Crippen LogP contribution is -2.16. The Balaban J connectivity index is 2.45. The summed E-state index contributed by atoms with van der Waals surface area (Å²) in [5.74, 6) is -1.38. The van der Waals surface area contributed by atoms with Gasteiger partial charge in [0.05, 0.1) is 18.8 Å². The lowest BCUT2D eigenvalue weighted by atomic mass is 10.0. The fraction of sp³-hybridized carbons (Fsp3) is 0.182. The summed E-state index contributed by atoms with van der Waals surface area (Å²) < 4.78 is 32.2. The van der Waals surface area contributed by atoms with Gasteiger partial charge in [0.1, 0.15) is 17.4 Å². The molecule has 0 saturated heterocycles. The molecule has 0 amide bonds. The van der Waals surface area contributed by atoms with Gasteiger partial charge < -0.3 is 10.5 Å². The number of aromatic amines is 1. The zero-order valence-corrected chi connectivity index (χ0v) is 9.08. The molecule has 0 aliphatic heterocycles. The van der Waals surface area contributed by atoms with E-state index in [4.69, 9.17) is 10.5 Å². The van der Waals surface area contributed by atoms with Crippen LogP contribution in [0.1, 0.15) is 17.3 Å². The van der Waals surface area contributed by atoms with Crippen molar-refractivity contribution in [1.29, 1.82) is 0 Å². The van der Waals surface area contributed by atoms with Gasteiger partial charge in [0, 0.05) is 23.9 Å². The van der Waals surface area contributed by atoms with E-state index < -0.39 is 17.7 Å². The highest BCUT2D eigenvalue weighted by molar-refractivity contribution is 5.35. The number of nitrogens with zero attached hydrogens (tertiary/aromatic N) is 1. The first-order chi connectivity index (χ1) is 8.13. The summed E-state index contributed by atoms with van der Waals surface area (Å²) >= 11 is 0. The average Bonchev–Trinajstić information content (AvgIpc) is 2.81. The molecule has 0 saturated carbocycles. The Morgan fingerprint density at radius 2 is 2.00 bits per heavy atom. The molecule has 4 nitrogen and oxygen atoms in total. The standard InChI is InChI=1S/C11H11F2N3O/c1-17-6-4-7(12)10(8(13)5-6)11(14)9-2-3-15-16-9/h2-5,11H,14H2,1H3,(H,15,16). The van der Waals surface area contributed by atoms with E-state index in [-0.39, 0.29) is 11.3 Å². The van der Waals surface area contributed by atoms with Crippen molar-refractivity contribution in [2.75, 3.05) is 7.11 Å². The molecule has 1 heterocycles. The highest BCUT2D eigenvalue weighted by Crippen LogP contribution is 2.27. The summed E-state index contributed by atoms with van der Waals surface area (Å²) in [6, 6.07) is 2.82. The molecule has 1 aromatic carbocycles. The molecule has 0 radical (unpaired) electrons. The zero-order chi connectivity index (χ0) is 12.4. The molecule has 1 aromatic heterocycles. The van der Waals surface area contributed by atoms with E-state index >= 15 is 0 Å². The number of aromatic nitrogens is 2.